The molecule has 0 fully saturated rings. The van der Waals surface area contributed by atoms with Crippen molar-refractivity contribution in [3.8, 4) is 0 Å². The second kappa shape index (κ2) is 9.96. The Morgan fingerprint density at radius 3 is 1.15 bits per heavy atom. The lowest BCUT2D eigenvalue weighted by Crippen LogP contribution is -2.04. The smallest absolute Gasteiger partial charge is 0.0431 e. The number of rotatable bonds is 9. The Labute approximate surface area is 80.4 Å². The molecule has 0 saturated carbocycles. The van der Waals surface area contributed by atoms with Crippen LogP contribution in [0, 0.1) is 5.92 Å². The highest BCUT2D eigenvalue weighted by Crippen LogP contribution is 2.18. The van der Waals surface area contributed by atoms with Gasteiger partial charge in [-0.3, -0.25) is 0 Å². The molecule has 0 bridgehead atoms. The van der Waals surface area contributed by atoms with Crippen molar-refractivity contribution >= 4 is 0 Å². The van der Waals surface area contributed by atoms with E-state index in [9.17, 15) is 0 Å². The van der Waals surface area contributed by atoms with Crippen molar-refractivity contribution in [2.24, 2.45) is 5.92 Å². The van der Waals surface area contributed by atoms with E-state index in [2.05, 4.69) is 0 Å². The first-order valence-electron chi connectivity index (χ1n) is 5.17. The standard InChI is InChI=1S/C10H22O3/c11-7-1-4-10(5-2-8-12)6-3-9-13/h10-13H,1-9H2. The third kappa shape index (κ3) is 8.22. The van der Waals surface area contributed by atoms with E-state index >= 15 is 0 Å². The van der Waals surface area contributed by atoms with Crippen molar-refractivity contribution in [1.82, 2.24) is 0 Å². The summed E-state index contributed by atoms with van der Waals surface area (Å²) in [5, 5.41) is 26.0. The monoisotopic (exact) mass is 190 g/mol. The van der Waals surface area contributed by atoms with Crippen molar-refractivity contribution < 1.29 is 15.3 Å². The summed E-state index contributed by atoms with van der Waals surface area (Å²) in [4.78, 5) is 0. The maximum absolute atomic E-state index is 8.67. The molecular weight excluding hydrogens is 168 g/mol. The summed E-state index contributed by atoms with van der Waals surface area (Å²) in [6.07, 6.45) is 5.54. The molecule has 0 rings (SSSR count). The van der Waals surface area contributed by atoms with Gasteiger partial charge in [0.25, 0.3) is 0 Å². The zero-order chi connectivity index (χ0) is 9.94. The van der Waals surface area contributed by atoms with Gasteiger partial charge in [0, 0.05) is 19.8 Å². The van der Waals surface area contributed by atoms with E-state index in [4.69, 9.17) is 15.3 Å². The summed E-state index contributed by atoms with van der Waals surface area (Å²) in [5.74, 6) is 0.562. The Kier molecular flexibility index (Phi) is 9.87. The van der Waals surface area contributed by atoms with Crippen LogP contribution in [0.4, 0.5) is 0 Å². The quantitative estimate of drug-likeness (QED) is 0.506. The van der Waals surface area contributed by atoms with Crippen LogP contribution in [-0.2, 0) is 0 Å². The SMILES string of the molecule is OCCCC(CCCO)CCCO. The Bertz CT molecular complexity index is 77.2. The molecular formula is C10H22O3. The molecule has 0 amide bonds. The first-order valence-corrected chi connectivity index (χ1v) is 5.17. The summed E-state index contributed by atoms with van der Waals surface area (Å²) in [7, 11) is 0. The highest BCUT2D eigenvalue weighted by atomic mass is 16.3. The minimum absolute atomic E-state index is 0.245. The van der Waals surface area contributed by atoms with Crippen LogP contribution in [0.15, 0.2) is 0 Å². The van der Waals surface area contributed by atoms with Gasteiger partial charge in [0.1, 0.15) is 0 Å². The molecule has 0 aliphatic heterocycles. The fourth-order valence-electron chi connectivity index (χ4n) is 1.57. The van der Waals surface area contributed by atoms with Crippen LogP contribution in [0.5, 0.6) is 0 Å². The lowest BCUT2D eigenvalue weighted by Gasteiger charge is -2.14. The van der Waals surface area contributed by atoms with Crippen molar-refractivity contribution in [2.75, 3.05) is 19.8 Å². The van der Waals surface area contributed by atoms with Gasteiger partial charge in [-0.15, -0.1) is 0 Å². The van der Waals surface area contributed by atoms with Crippen LogP contribution in [-0.4, -0.2) is 35.1 Å². The fourth-order valence-corrected chi connectivity index (χ4v) is 1.57. The summed E-state index contributed by atoms with van der Waals surface area (Å²) in [5.41, 5.74) is 0. The first-order chi connectivity index (χ1) is 6.35. The Hall–Kier alpha value is -0.120. The Balaban J connectivity index is 3.47. The van der Waals surface area contributed by atoms with Crippen molar-refractivity contribution in [3.63, 3.8) is 0 Å². The molecule has 0 aliphatic carbocycles. The molecule has 0 aliphatic rings. The Morgan fingerprint density at radius 1 is 0.615 bits per heavy atom. The third-order valence-electron chi connectivity index (χ3n) is 2.31. The number of aliphatic hydroxyl groups excluding tert-OH is 3. The molecule has 80 valence electrons. The topological polar surface area (TPSA) is 60.7 Å². The predicted octanol–water partition coefficient (Wildman–Crippen LogP) is 0.920. The highest BCUT2D eigenvalue weighted by Gasteiger charge is 2.07. The summed E-state index contributed by atoms with van der Waals surface area (Å²) in [6, 6.07) is 0. The average molecular weight is 190 g/mol. The third-order valence-corrected chi connectivity index (χ3v) is 2.31. The van der Waals surface area contributed by atoms with Crippen LogP contribution in [0.25, 0.3) is 0 Å². The van der Waals surface area contributed by atoms with Gasteiger partial charge in [-0.25, -0.2) is 0 Å². The largest absolute Gasteiger partial charge is 0.396 e. The van der Waals surface area contributed by atoms with E-state index in [1.165, 1.54) is 0 Å². The van der Waals surface area contributed by atoms with Crippen LogP contribution in [0.2, 0.25) is 0 Å². The minimum Gasteiger partial charge on any atom is -0.396 e. The molecule has 3 nitrogen and oxygen atoms in total. The summed E-state index contributed by atoms with van der Waals surface area (Å²) >= 11 is 0. The molecule has 0 aromatic carbocycles. The molecule has 3 heteroatoms. The lowest BCUT2D eigenvalue weighted by atomic mass is 9.93. The molecule has 0 radical (unpaired) electrons. The van der Waals surface area contributed by atoms with Crippen molar-refractivity contribution in [1.29, 1.82) is 0 Å². The molecule has 0 heterocycles. The van der Waals surface area contributed by atoms with E-state index in [0.29, 0.717) is 5.92 Å². The maximum Gasteiger partial charge on any atom is 0.0431 e. The molecule has 0 aromatic rings. The van der Waals surface area contributed by atoms with Crippen molar-refractivity contribution in [2.45, 2.75) is 38.5 Å². The molecule has 3 N–H and O–H groups in total. The van der Waals surface area contributed by atoms with Crippen LogP contribution >= 0.6 is 0 Å². The van der Waals surface area contributed by atoms with Gasteiger partial charge in [0.15, 0.2) is 0 Å². The maximum atomic E-state index is 8.67. The van der Waals surface area contributed by atoms with Gasteiger partial charge >= 0.3 is 0 Å². The molecule has 13 heavy (non-hydrogen) atoms. The van der Waals surface area contributed by atoms with Crippen LogP contribution in [0.3, 0.4) is 0 Å². The average Bonchev–Trinajstić information content (AvgIpc) is 2.17. The molecule has 0 unspecified atom stereocenters. The van der Waals surface area contributed by atoms with E-state index in [1.54, 1.807) is 0 Å². The minimum atomic E-state index is 0.245. The molecule has 0 spiro atoms. The van der Waals surface area contributed by atoms with Crippen molar-refractivity contribution in [3.05, 3.63) is 0 Å². The summed E-state index contributed by atoms with van der Waals surface area (Å²) < 4.78 is 0. The van der Waals surface area contributed by atoms with Crippen LogP contribution < -0.4 is 0 Å². The van der Waals surface area contributed by atoms with Gasteiger partial charge in [0.05, 0.1) is 0 Å². The predicted molar refractivity (Wildman–Crippen MR) is 52.4 cm³/mol. The molecule has 0 atom stereocenters. The number of aliphatic hydroxyl groups is 3. The normalized spacial score (nSPS) is 11.1. The van der Waals surface area contributed by atoms with Gasteiger partial charge in [-0.2, -0.15) is 0 Å². The number of hydrogen-bond donors (Lipinski definition) is 3. The Morgan fingerprint density at radius 2 is 0.923 bits per heavy atom. The van der Waals surface area contributed by atoms with E-state index in [0.717, 1.165) is 38.5 Å². The van der Waals surface area contributed by atoms with Gasteiger partial charge in [-0.05, 0) is 44.4 Å². The molecule has 0 saturated heterocycles. The van der Waals surface area contributed by atoms with E-state index in [-0.39, 0.29) is 19.8 Å². The zero-order valence-electron chi connectivity index (χ0n) is 8.28. The highest BCUT2D eigenvalue weighted by molar-refractivity contribution is 4.59. The molecule has 0 aromatic heterocycles. The second-order valence-corrected chi connectivity index (χ2v) is 3.46. The fraction of sp³-hybridized carbons (Fsp3) is 1.00. The second-order valence-electron chi connectivity index (χ2n) is 3.46. The van der Waals surface area contributed by atoms with E-state index < -0.39 is 0 Å². The lowest BCUT2D eigenvalue weighted by molar-refractivity contribution is 0.229. The first kappa shape index (κ1) is 12.9. The van der Waals surface area contributed by atoms with Gasteiger partial charge in [-0.1, -0.05) is 0 Å². The number of hydrogen-bond acceptors (Lipinski definition) is 3. The van der Waals surface area contributed by atoms with Gasteiger partial charge < -0.3 is 15.3 Å². The van der Waals surface area contributed by atoms with Crippen LogP contribution in [0.1, 0.15) is 38.5 Å². The summed E-state index contributed by atoms with van der Waals surface area (Å²) in [6.45, 7) is 0.734. The van der Waals surface area contributed by atoms with Gasteiger partial charge in [0.2, 0.25) is 0 Å². The zero-order valence-corrected chi connectivity index (χ0v) is 8.28. The van der Waals surface area contributed by atoms with E-state index in [1.807, 2.05) is 0 Å².